The van der Waals surface area contributed by atoms with Crippen molar-refractivity contribution in [2.24, 2.45) is 0 Å². The molecule has 1 aliphatic rings. The molecule has 13 heteroatoms. The molecule has 1 amide bonds. The van der Waals surface area contributed by atoms with Gasteiger partial charge in [0, 0.05) is 35.2 Å². The summed E-state index contributed by atoms with van der Waals surface area (Å²) in [4.78, 5) is 14.6. The molecule has 7 nitrogen and oxygen atoms in total. The van der Waals surface area contributed by atoms with Gasteiger partial charge in [-0.3, -0.25) is 9.69 Å². The maximum absolute atomic E-state index is 14.0. The van der Waals surface area contributed by atoms with Gasteiger partial charge in [-0.25, -0.2) is 8.42 Å². The highest BCUT2D eigenvalue weighted by atomic mass is 35.5. The van der Waals surface area contributed by atoms with E-state index in [2.05, 4.69) is 5.32 Å². The number of carbonyl (C=O) groups excluding carboxylic acids is 1. The molecule has 3 rings (SSSR count). The first-order valence-electron chi connectivity index (χ1n) is 12.0. The Morgan fingerprint density at radius 1 is 1.24 bits per heavy atom. The normalized spacial score (nSPS) is 17.0. The summed E-state index contributed by atoms with van der Waals surface area (Å²) in [5.41, 5.74) is -1.26. The Morgan fingerprint density at radius 2 is 1.97 bits per heavy atom. The van der Waals surface area contributed by atoms with Gasteiger partial charge in [0.1, 0.15) is 0 Å². The average Bonchev–Trinajstić information content (AvgIpc) is 2.86. The number of aliphatic hydroxyl groups is 1. The lowest BCUT2D eigenvalue weighted by Gasteiger charge is -2.33. The first-order chi connectivity index (χ1) is 17.9. The number of hydrogen-bond acceptors (Lipinski definition) is 6. The van der Waals surface area contributed by atoms with Crippen LogP contribution in [0.25, 0.3) is 0 Å². The van der Waals surface area contributed by atoms with Crippen LogP contribution in [0.15, 0.2) is 35.2 Å². The van der Waals surface area contributed by atoms with E-state index in [9.17, 15) is 26.4 Å². The number of likely N-dealkylation sites (tertiary alicyclic amines) is 1. The SMILES string of the molecule is CCS(=O)(=O)c1ccc(Cl)cc1CNC(=O)c1cc(Cl)c(CN2CCC[C@H](OCCO)C2)c(C(F)(F)F)c1. The third kappa shape index (κ3) is 7.83. The molecule has 1 atom stereocenters. The fourth-order valence-corrected chi connectivity index (χ4v) is 5.93. The molecule has 1 saturated heterocycles. The number of ether oxygens (including phenoxy) is 1. The Kier molecular flexibility index (Phi) is 10.5. The molecular formula is C25H29Cl2F3N2O5S. The molecule has 0 aliphatic carbocycles. The number of halogens is 5. The molecule has 0 saturated carbocycles. The Balaban J connectivity index is 1.83. The number of piperidine rings is 1. The van der Waals surface area contributed by atoms with Crippen molar-refractivity contribution in [2.75, 3.05) is 32.1 Å². The topological polar surface area (TPSA) is 95.9 Å². The van der Waals surface area contributed by atoms with Crippen molar-refractivity contribution in [1.29, 1.82) is 0 Å². The number of nitrogens with zero attached hydrogens (tertiary/aromatic N) is 1. The molecule has 0 unspecified atom stereocenters. The van der Waals surface area contributed by atoms with Gasteiger partial charge in [0.2, 0.25) is 0 Å². The Labute approximate surface area is 229 Å². The predicted molar refractivity (Wildman–Crippen MR) is 138 cm³/mol. The summed E-state index contributed by atoms with van der Waals surface area (Å²) in [7, 11) is -3.63. The number of alkyl halides is 3. The highest BCUT2D eigenvalue weighted by molar-refractivity contribution is 7.91. The number of benzene rings is 2. The Morgan fingerprint density at radius 3 is 2.63 bits per heavy atom. The van der Waals surface area contributed by atoms with Gasteiger partial charge in [0.25, 0.3) is 5.91 Å². The van der Waals surface area contributed by atoms with Gasteiger partial charge in [-0.15, -0.1) is 0 Å². The third-order valence-electron chi connectivity index (χ3n) is 6.23. The van der Waals surface area contributed by atoms with E-state index in [1.807, 2.05) is 0 Å². The van der Waals surface area contributed by atoms with E-state index >= 15 is 0 Å². The second kappa shape index (κ2) is 13.0. The molecular weight excluding hydrogens is 568 g/mol. The zero-order valence-electron chi connectivity index (χ0n) is 20.7. The summed E-state index contributed by atoms with van der Waals surface area (Å²) in [6.45, 7) is 2.07. The molecule has 2 aromatic rings. The summed E-state index contributed by atoms with van der Waals surface area (Å²) in [6, 6.07) is 6.05. The summed E-state index contributed by atoms with van der Waals surface area (Å²) >= 11 is 12.3. The first-order valence-corrected chi connectivity index (χ1v) is 14.4. The molecule has 0 bridgehead atoms. The summed E-state index contributed by atoms with van der Waals surface area (Å²) in [5.74, 6) is -1.02. The van der Waals surface area contributed by atoms with Crippen molar-refractivity contribution in [3.8, 4) is 0 Å². The minimum atomic E-state index is -4.77. The van der Waals surface area contributed by atoms with Crippen LogP contribution in [0.4, 0.5) is 13.2 Å². The van der Waals surface area contributed by atoms with Crippen molar-refractivity contribution in [1.82, 2.24) is 10.2 Å². The summed E-state index contributed by atoms with van der Waals surface area (Å²) in [5, 5.41) is 11.5. The number of nitrogens with one attached hydrogen (secondary N) is 1. The van der Waals surface area contributed by atoms with Crippen LogP contribution in [0.1, 0.15) is 46.8 Å². The molecule has 2 aromatic carbocycles. The van der Waals surface area contributed by atoms with Gasteiger partial charge < -0.3 is 15.2 Å². The molecule has 210 valence electrons. The van der Waals surface area contributed by atoms with Gasteiger partial charge >= 0.3 is 6.18 Å². The highest BCUT2D eigenvalue weighted by Gasteiger charge is 2.36. The number of amides is 1. The maximum Gasteiger partial charge on any atom is 0.416 e. The van der Waals surface area contributed by atoms with E-state index in [4.69, 9.17) is 33.0 Å². The van der Waals surface area contributed by atoms with Gasteiger partial charge in [-0.1, -0.05) is 30.1 Å². The molecule has 1 fully saturated rings. The van der Waals surface area contributed by atoms with E-state index in [-0.39, 0.29) is 69.8 Å². The minimum absolute atomic E-state index is 0.0168. The summed E-state index contributed by atoms with van der Waals surface area (Å²) in [6.07, 6.45) is -3.52. The van der Waals surface area contributed by atoms with E-state index in [1.54, 1.807) is 4.90 Å². The van der Waals surface area contributed by atoms with Crippen molar-refractivity contribution in [3.05, 3.63) is 62.6 Å². The smallest absolute Gasteiger partial charge is 0.394 e. The van der Waals surface area contributed by atoms with Crippen LogP contribution in [0.2, 0.25) is 10.0 Å². The maximum atomic E-state index is 14.0. The van der Waals surface area contributed by atoms with Crippen LogP contribution < -0.4 is 5.32 Å². The van der Waals surface area contributed by atoms with Crippen molar-refractivity contribution < 1.29 is 36.2 Å². The van der Waals surface area contributed by atoms with Crippen molar-refractivity contribution in [3.63, 3.8) is 0 Å². The van der Waals surface area contributed by atoms with Crippen LogP contribution >= 0.6 is 23.2 Å². The second-order valence-electron chi connectivity index (χ2n) is 8.91. The van der Waals surface area contributed by atoms with Gasteiger partial charge in [-0.05, 0) is 60.8 Å². The van der Waals surface area contributed by atoms with E-state index in [1.165, 1.54) is 31.2 Å². The third-order valence-corrected chi connectivity index (χ3v) is 8.63. The van der Waals surface area contributed by atoms with Crippen LogP contribution in [0.3, 0.4) is 0 Å². The van der Waals surface area contributed by atoms with E-state index in [0.29, 0.717) is 13.1 Å². The Bertz CT molecular complexity index is 1260. The predicted octanol–water partition coefficient (Wildman–Crippen LogP) is 4.71. The molecule has 38 heavy (non-hydrogen) atoms. The number of hydrogen-bond donors (Lipinski definition) is 2. The molecule has 0 radical (unpaired) electrons. The van der Waals surface area contributed by atoms with Crippen LogP contribution in [0, 0.1) is 0 Å². The largest absolute Gasteiger partial charge is 0.416 e. The van der Waals surface area contributed by atoms with Crippen molar-refractivity contribution >= 4 is 38.9 Å². The minimum Gasteiger partial charge on any atom is -0.394 e. The molecule has 0 aromatic heterocycles. The highest BCUT2D eigenvalue weighted by Crippen LogP contribution is 2.37. The fourth-order valence-electron chi connectivity index (χ4n) is 4.34. The lowest BCUT2D eigenvalue weighted by Crippen LogP contribution is -2.40. The van der Waals surface area contributed by atoms with Gasteiger partial charge in [-0.2, -0.15) is 13.2 Å². The molecule has 0 spiro atoms. The molecule has 1 aliphatic heterocycles. The number of aliphatic hydroxyl groups excluding tert-OH is 1. The molecule has 1 heterocycles. The first kappa shape index (κ1) is 30.6. The van der Waals surface area contributed by atoms with Crippen LogP contribution in [0.5, 0.6) is 0 Å². The number of rotatable bonds is 10. The zero-order chi connectivity index (χ0) is 28.1. The quantitative estimate of drug-likeness (QED) is 0.412. The number of carbonyl (C=O) groups is 1. The zero-order valence-corrected chi connectivity index (χ0v) is 23.0. The van der Waals surface area contributed by atoms with Gasteiger partial charge in [0.15, 0.2) is 9.84 Å². The molecule has 2 N–H and O–H groups in total. The lowest BCUT2D eigenvalue weighted by atomic mass is 10.0. The summed E-state index contributed by atoms with van der Waals surface area (Å²) < 4.78 is 72.5. The fraction of sp³-hybridized carbons (Fsp3) is 0.480. The van der Waals surface area contributed by atoms with Crippen molar-refractivity contribution in [2.45, 2.75) is 50.0 Å². The van der Waals surface area contributed by atoms with Crippen LogP contribution in [-0.4, -0.2) is 62.5 Å². The average molecular weight is 597 g/mol. The van der Waals surface area contributed by atoms with Crippen LogP contribution in [-0.2, 0) is 33.8 Å². The monoisotopic (exact) mass is 596 g/mol. The van der Waals surface area contributed by atoms with E-state index in [0.717, 1.165) is 18.9 Å². The standard InChI is InChI=1S/C25H29Cl2F3N2O5S/c1-2-38(35,36)23-6-5-18(26)10-17(23)13-31-24(34)16-11-21(25(28,29)30)20(22(27)12-16)15-32-7-3-4-19(14-32)37-9-8-33/h5-6,10-12,19,33H,2-4,7-9,13-15H2,1H3,(H,31,34)/t19-/m0/s1. The van der Waals surface area contributed by atoms with Gasteiger partial charge in [0.05, 0.1) is 35.5 Å². The second-order valence-corrected chi connectivity index (χ2v) is 12.0. The Hall–Kier alpha value is -1.89. The number of sulfone groups is 1. The van der Waals surface area contributed by atoms with E-state index < -0.39 is 27.5 Å². The lowest BCUT2D eigenvalue weighted by molar-refractivity contribution is -0.138.